The fraction of sp³-hybridized carbons (Fsp3) is 0.538. The minimum absolute atomic E-state index is 0.189. The van der Waals surface area contributed by atoms with Crippen LogP contribution in [0.5, 0.6) is 0 Å². The molecular weight excluding hydrogens is 228 g/mol. The standard InChI is InChI=1S/C13H18N4O/c1-9(11-5-7-18-8-11)14-10(2)13-16-15-12-4-3-6-17(12)13/h5,7-10,14H,3-4,6H2,1-2H3. The molecule has 2 unspecified atom stereocenters. The molecule has 3 rings (SSSR count). The van der Waals surface area contributed by atoms with Crippen molar-refractivity contribution in [3.8, 4) is 0 Å². The van der Waals surface area contributed by atoms with Crippen LogP contribution in [0, 0.1) is 0 Å². The summed E-state index contributed by atoms with van der Waals surface area (Å²) in [7, 11) is 0. The van der Waals surface area contributed by atoms with Crippen molar-refractivity contribution < 1.29 is 4.42 Å². The maximum absolute atomic E-state index is 5.11. The lowest BCUT2D eigenvalue weighted by molar-refractivity contribution is 0.455. The number of hydrogen-bond acceptors (Lipinski definition) is 4. The van der Waals surface area contributed by atoms with Gasteiger partial charge in [0.25, 0.3) is 0 Å². The van der Waals surface area contributed by atoms with Gasteiger partial charge in [-0.15, -0.1) is 10.2 Å². The van der Waals surface area contributed by atoms with Gasteiger partial charge in [-0.25, -0.2) is 0 Å². The lowest BCUT2D eigenvalue weighted by atomic mass is 10.1. The van der Waals surface area contributed by atoms with Crippen LogP contribution in [0.25, 0.3) is 0 Å². The number of aromatic nitrogens is 3. The molecule has 0 aliphatic carbocycles. The number of aryl methyl sites for hydroxylation is 1. The number of furan rings is 1. The highest BCUT2D eigenvalue weighted by Crippen LogP contribution is 2.22. The Kier molecular flexibility index (Phi) is 2.91. The quantitative estimate of drug-likeness (QED) is 0.898. The molecule has 0 bridgehead atoms. The van der Waals surface area contributed by atoms with Gasteiger partial charge in [0.05, 0.1) is 18.6 Å². The summed E-state index contributed by atoms with van der Waals surface area (Å²) in [4.78, 5) is 0. The van der Waals surface area contributed by atoms with Crippen molar-refractivity contribution in [3.63, 3.8) is 0 Å². The van der Waals surface area contributed by atoms with E-state index in [1.54, 1.807) is 12.5 Å². The zero-order chi connectivity index (χ0) is 12.5. The Morgan fingerprint density at radius 2 is 2.22 bits per heavy atom. The largest absolute Gasteiger partial charge is 0.472 e. The van der Waals surface area contributed by atoms with Gasteiger partial charge in [-0.3, -0.25) is 0 Å². The van der Waals surface area contributed by atoms with E-state index in [0.717, 1.165) is 30.2 Å². The molecule has 0 amide bonds. The van der Waals surface area contributed by atoms with E-state index >= 15 is 0 Å². The highest BCUT2D eigenvalue weighted by atomic mass is 16.3. The smallest absolute Gasteiger partial charge is 0.149 e. The minimum Gasteiger partial charge on any atom is -0.472 e. The molecule has 0 spiro atoms. The van der Waals surface area contributed by atoms with Crippen molar-refractivity contribution in [2.75, 3.05) is 0 Å². The first-order chi connectivity index (χ1) is 8.75. The maximum atomic E-state index is 5.11. The van der Waals surface area contributed by atoms with Crippen molar-refractivity contribution in [3.05, 3.63) is 35.8 Å². The Morgan fingerprint density at radius 3 is 3.00 bits per heavy atom. The molecule has 2 atom stereocenters. The van der Waals surface area contributed by atoms with Crippen LogP contribution in [0.15, 0.2) is 23.0 Å². The first kappa shape index (κ1) is 11.5. The fourth-order valence-corrected chi connectivity index (χ4v) is 2.56. The maximum Gasteiger partial charge on any atom is 0.149 e. The molecule has 1 aliphatic rings. The lowest BCUT2D eigenvalue weighted by Gasteiger charge is -2.18. The lowest BCUT2D eigenvalue weighted by Crippen LogP contribution is -2.24. The van der Waals surface area contributed by atoms with E-state index in [1.807, 2.05) is 6.07 Å². The number of nitrogens with one attached hydrogen (secondary N) is 1. The molecule has 5 nitrogen and oxygen atoms in total. The van der Waals surface area contributed by atoms with Crippen LogP contribution in [0.1, 0.15) is 49.6 Å². The average Bonchev–Trinajstić information content (AvgIpc) is 3.06. The molecule has 18 heavy (non-hydrogen) atoms. The molecule has 0 radical (unpaired) electrons. The predicted octanol–water partition coefficient (Wildman–Crippen LogP) is 2.23. The van der Waals surface area contributed by atoms with Gasteiger partial charge in [0, 0.05) is 24.6 Å². The highest BCUT2D eigenvalue weighted by molar-refractivity contribution is 5.12. The van der Waals surface area contributed by atoms with E-state index < -0.39 is 0 Å². The van der Waals surface area contributed by atoms with E-state index in [4.69, 9.17) is 4.42 Å². The van der Waals surface area contributed by atoms with E-state index in [2.05, 4.69) is 33.9 Å². The Bertz CT molecular complexity index is 517. The van der Waals surface area contributed by atoms with E-state index in [1.165, 1.54) is 6.42 Å². The van der Waals surface area contributed by atoms with Crippen LogP contribution in [-0.2, 0) is 13.0 Å². The van der Waals surface area contributed by atoms with E-state index in [-0.39, 0.29) is 12.1 Å². The molecule has 0 saturated heterocycles. The van der Waals surface area contributed by atoms with Crippen LogP contribution in [0.4, 0.5) is 0 Å². The fourth-order valence-electron chi connectivity index (χ4n) is 2.56. The molecule has 0 fully saturated rings. The summed E-state index contributed by atoms with van der Waals surface area (Å²) >= 11 is 0. The average molecular weight is 246 g/mol. The van der Waals surface area contributed by atoms with Crippen LogP contribution in [0.3, 0.4) is 0 Å². The molecule has 1 N–H and O–H groups in total. The minimum atomic E-state index is 0.189. The summed E-state index contributed by atoms with van der Waals surface area (Å²) in [5, 5.41) is 12.1. The van der Waals surface area contributed by atoms with Crippen molar-refractivity contribution >= 4 is 0 Å². The molecular formula is C13H18N4O. The van der Waals surface area contributed by atoms with Crippen molar-refractivity contribution in [1.29, 1.82) is 0 Å². The van der Waals surface area contributed by atoms with Gasteiger partial charge < -0.3 is 14.3 Å². The predicted molar refractivity (Wildman–Crippen MR) is 67.0 cm³/mol. The van der Waals surface area contributed by atoms with Gasteiger partial charge in [0.15, 0.2) is 0 Å². The van der Waals surface area contributed by atoms with Gasteiger partial charge in [0.2, 0.25) is 0 Å². The first-order valence-corrected chi connectivity index (χ1v) is 6.46. The Balaban J connectivity index is 1.73. The van der Waals surface area contributed by atoms with Crippen molar-refractivity contribution in [2.45, 2.75) is 45.3 Å². The van der Waals surface area contributed by atoms with Crippen LogP contribution < -0.4 is 5.32 Å². The molecule has 0 saturated carbocycles. The number of fused-ring (bicyclic) bond motifs is 1. The van der Waals surface area contributed by atoms with Gasteiger partial charge >= 0.3 is 0 Å². The van der Waals surface area contributed by atoms with Gasteiger partial charge in [-0.05, 0) is 26.3 Å². The SMILES string of the molecule is CC(NC(C)c1nnc2n1CCC2)c1ccoc1. The Labute approximate surface area is 106 Å². The van der Waals surface area contributed by atoms with E-state index in [0.29, 0.717) is 0 Å². The summed E-state index contributed by atoms with van der Waals surface area (Å²) < 4.78 is 7.34. The normalized spacial score (nSPS) is 17.7. The summed E-state index contributed by atoms with van der Waals surface area (Å²) in [6.07, 6.45) is 5.71. The Morgan fingerprint density at radius 1 is 1.33 bits per heavy atom. The van der Waals surface area contributed by atoms with Gasteiger partial charge in [-0.2, -0.15) is 0 Å². The summed E-state index contributed by atoms with van der Waals surface area (Å²) in [6, 6.07) is 2.42. The van der Waals surface area contributed by atoms with E-state index in [9.17, 15) is 0 Å². The van der Waals surface area contributed by atoms with Gasteiger partial charge in [0.1, 0.15) is 11.6 Å². The summed E-state index contributed by atoms with van der Waals surface area (Å²) in [6.45, 7) is 5.30. The molecule has 96 valence electrons. The van der Waals surface area contributed by atoms with Crippen molar-refractivity contribution in [2.24, 2.45) is 0 Å². The van der Waals surface area contributed by atoms with Crippen LogP contribution in [-0.4, -0.2) is 14.8 Å². The molecule has 5 heteroatoms. The molecule has 1 aliphatic heterocycles. The second kappa shape index (κ2) is 4.57. The van der Waals surface area contributed by atoms with Crippen LogP contribution >= 0.6 is 0 Å². The third-order valence-corrected chi connectivity index (χ3v) is 3.57. The topological polar surface area (TPSA) is 55.9 Å². The molecule has 0 aromatic carbocycles. The third kappa shape index (κ3) is 1.95. The van der Waals surface area contributed by atoms with Crippen LogP contribution in [0.2, 0.25) is 0 Å². The molecule has 3 heterocycles. The zero-order valence-electron chi connectivity index (χ0n) is 10.8. The first-order valence-electron chi connectivity index (χ1n) is 6.46. The second-order valence-corrected chi connectivity index (χ2v) is 4.90. The highest BCUT2D eigenvalue weighted by Gasteiger charge is 2.22. The monoisotopic (exact) mass is 246 g/mol. The molecule has 2 aromatic heterocycles. The molecule has 2 aromatic rings. The number of hydrogen-bond donors (Lipinski definition) is 1. The van der Waals surface area contributed by atoms with Crippen molar-refractivity contribution in [1.82, 2.24) is 20.1 Å². The Hall–Kier alpha value is -1.62. The number of rotatable bonds is 4. The zero-order valence-corrected chi connectivity index (χ0v) is 10.8. The van der Waals surface area contributed by atoms with Gasteiger partial charge in [-0.1, -0.05) is 0 Å². The number of nitrogens with zero attached hydrogens (tertiary/aromatic N) is 3. The second-order valence-electron chi connectivity index (χ2n) is 4.90. The summed E-state index contributed by atoms with van der Waals surface area (Å²) in [5.74, 6) is 2.16. The third-order valence-electron chi connectivity index (χ3n) is 3.57. The summed E-state index contributed by atoms with van der Waals surface area (Å²) in [5.41, 5.74) is 1.16.